The minimum atomic E-state index is 0.283. The van der Waals surface area contributed by atoms with Gasteiger partial charge in [0.05, 0.1) is 6.10 Å². The Morgan fingerprint density at radius 3 is 2.67 bits per heavy atom. The lowest BCUT2D eigenvalue weighted by Gasteiger charge is -2.20. The molecule has 1 saturated heterocycles. The molecule has 100 valence electrons. The van der Waals surface area contributed by atoms with Gasteiger partial charge in [-0.2, -0.15) is 0 Å². The highest BCUT2D eigenvalue weighted by Crippen LogP contribution is 2.34. The predicted molar refractivity (Wildman–Crippen MR) is 75.7 cm³/mol. The summed E-state index contributed by atoms with van der Waals surface area (Å²) in [5, 5.41) is 3.56. The molecule has 0 aromatic heterocycles. The standard InChI is InChI=1S/C16H25NO/c1-12(2)10-17-11-15-8-9-18-16(15)14-6-4-13(3)5-7-14/h4-7,12,15-17H,8-11H2,1-3H3. The molecular formula is C16H25NO. The highest BCUT2D eigenvalue weighted by atomic mass is 16.5. The van der Waals surface area contributed by atoms with Crippen molar-refractivity contribution in [3.8, 4) is 0 Å². The van der Waals surface area contributed by atoms with Crippen molar-refractivity contribution in [2.75, 3.05) is 19.7 Å². The molecule has 0 aliphatic carbocycles. The van der Waals surface area contributed by atoms with Crippen LogP contribution in [-0.4, -0.2) is 19.7 Å². The van der Waals surface area contributed by atoms with E-state index in [1.165, 1.54) is 17.5 Å². The maximum Gasteiger partial charge on any atom is 0.0866 e. The van der Waals surface area contributed by atoms with Crippen molar-refractivity contribution >= 4 is 0 Å². The maximum atomic E-state index is 5.91. The fraction of sp³-hybridized carbons (Fsp3) is 0.625. The first-order chi connectivity index (χ1) is 8.66. The molecule has 18 heavy (non-hydrogen) atoms. The molecule has 1 aliphatic rings. The van der Waals surface area contributed by atoms with Gasteiger partial charge in [-0.05, 0) is 31.4 Å². The summed E-state index contributed by atoms with van der Waals surface area (Å²) in [4.78, 5) is 0. The zero-order chi connectivity index (χ0) is 13.0. The number of hydrogen-bond donors (Lipinski definition) is 1. The smallest absolute Gasteiger partial charge is 0.0866 e. The summed E-state index contributed by atoms with van der Waals surface area (Å²) in [7, 11) is 0. The summed E-state index contributed by atoms with van der Waals surface area (Å²) in [5.41, 5.74) is 2.64. The summed E-state index contributed by atoms with van der Waals surface area (Å²) in [6.07, 6.45) is 1.45. The molecule has 1 N–H and O–H groups in total. The van der Waals surface area contributed by atoms with Crippen LogP contribution in [0.25, 0.3) is 0 Å². The summed E-state index contributed by atoms with van der Waals surface area (Å²) in [6.45, 7) is 9.67. The van der Waals surface area contributed by atoms with Gasteiger partial charge < -0.3 is 10.1 Å². The van der Waals surface area contributed by atoms with E-state index < -0.39 is 0 Å². The summed E-state index contributed by atoms with van der Waals surface area (Å²) >= 11 is 0. The molecule has 0 amide bonds. The minimum absolute atomic E-state index is 0.283. The second-order valence-electron chi connectivity index (χ2n) is 5.80. The van der Waals surface area contributed by atoms with Crippen LogP contribution in [0.3, 0.4) is 0 Å². The van der Waals surface area contributed by atoms with Crippen molar-refractivity contribution in [3.63, 3.8) is 0 Å². The Balaban J connectivity index is 1.92. The second-order valence-corrected chi connectivity index (χ2v) is 5.80. The van der Waals surface area contributed by atoms with E-state index in [0.29, 0.717) is 11.8 Å². The Labute approximate surface area is 111 Å². The number of benzene rings is 1. The Kier molecular flexibility index (Phi) is 4.79. The van der Waals surface area contributed by atoms with Gasteiger partial charge in [-0.3, -0.25) is 0 Å². The number of ether oxygens (including phenoxy) is 1. The van der Waals surface area contributed by atoms with Crippen LogP contribution in [-0.2, 0) is 4.74 Å². The number of aryl methyl sites for hydroxylation is 1. The van der Waals surface area contributed by atoms with Gasteiger partial charge in [-0.25, -0.2) is 0 Å². The molecule has 1 fully saturated rings. The van der Waals surface area contributed by atoms with Gasteiger partial charge in [0.15, 0.2) is 0 Å². The van der Waals surface area contributed by atoms with Crippen molar-refractivity contribution in [2.45, 2.75) is 33.3 Å². The van der Waals surface area contributed by atoms with E-state index in [2.05, 4.69) is 50.4 Å². The Bertz CT molecular complexity index is 358. The Morgan fingerprint density at radius 2 is 2.00 bits per heavy atom. The summed E-state index contributed by atoms with van der Waals surface area (Å²) < 4.78 is 5.91. The molecule has 2 unspecified atom stereocenters. The van der Waals surface area contributed by atoms with E-state index in [0.717, 1.165) is 19.7 Å². The van der Waals surface area contributed by atoms with Gasteiger partial charge in [0.2, 0.25) is 0 Å². The highest BCUT2D eigenvalue weighted by Gasteiger charge is 2.29. The van der Waals surface area contributed by atoms with Crippen LogP contribution in [0.4, 0.5) is 0 Å². The zero-order valence-electron chi connectivity index (χ0n) is 11.8. The summed E-state index contributed by atoms with van der Waals surface area (Å²) in [6, 6.07) is 8.77. The lowest BCUT2D eigenvalue weighted by Crippen LogP contribution is -2.27. The molecule has 1 aromatic carbocycles. The van der Waals surface area contributed by atoms with Crippen LogP contribution in [0.5, 0.6) is 0 Å². The molecule has 1 aromatic rings. The van der Waals surface area contributed by atoms with Gasteiger partial charge in [0.25, 0.3) is 0 Å². The third kappa shape index (κ3) is 3.56. The molecule has 0 saturated carbocycles. The number of hydrogen-bond acceptors (Lipinski definition) is 2. The third-order valence-electron chi connectivity index (χ3n) is 3.58. The maximum absolute atomic E-state index is 5.91. The normalized spacial score (nSPS) is 23.8. The third-order valence-corrected chi connectivity index (χ3v) is 3.58. The van der Waals surface area contributed by atoms with Crippen molar-refractivity contribution in [2.24, 2.45) is 11.8 Å². The van der Waals surface area contributed by atoms with E-state index in [9.17, 15) is 0 Å². The average molecular weight is 247 g/mol. The molecule has 2 rings (SSSR count). The Morgan fingerprint density at radius 1 is 1.28 bits per heavy atom. The average Bonchev–Trinajstić information content (AvgIpc) is 2.78. The van der Waals surface area contributed by atoms with Crippen molar-refractivity contribution < 1.29 is 4.74 Å². The van der Waals surface area contributed by atoms with Crippen LogP contribution in [0.2, 0.25) is 0 Å². The van der Waals surface area contributed by atoms with Crippen molar-refractivity contribution in [1.82, 2.24) is 5.32 Å². The van der Waals surface area contributed by atoms with Gasteiger partial charge in [-0.1, -0.05) is 43.7 Å². The van der Waals surface area contributed by atoms with Crippen LogP contribution in [0.15, 0.2) is 24.3 Å². The van der Waals surface area contributed by atoms with E-state index >= 15 is 0 Å². The highest BCUT2D eigenvalue weighted by molar-refractivity contribution is 5.24. The fourth-order valence-electron chi connectivity index (χ4n) is 2.52. The van der Waals surface area contributed by atoms with Crippen LogP contribution >= 0.6 is 0 Å². The monoisotopic (exact) mass is 247 g/mol. The first kappa shape index (κ1) is 13.6. The first-order valence-electron chi connectivity index (χ1n) is 7.05. The van der Waals surface area contributed by atoms with E-state index in [-0.39, 0.29) is 6.10 Å². The van der Waals surface area contributed by atoms with Crippen molar-refractivity contribution in [1.29, 1.82) is 0 Å². The van der Waals surface area contributed by atoms with Crippen LogP contribution < -0.4 is 5.32 Å². The van der Waals surface area contributed by atoms with Gasteiger partial charge in [-0.15, -0.1) is 0 Å². The number of nitrogens with one attached hydrogen (secondary N) is 1. The summed E-state index contributed by atoms with van der Waals surface area (Å²) in [5.74, 6) is 1.33. The van der Waals surface area contributed by atoms with Gasteiger partial charge in [0, 0.05) is 19.1 Å². The molecule has 2 nitrogen and oxygen atoms in total. The molecule has 2 atom stereocenters. The second kappa shape index (κ2) is 6.35. The molecule has 0 spiro atoms. The van der Waals surface area contributed by atoms with E-state index in [1.54, 1.807) is 0 Å². The molecule has 0 radical (unpaired) electrons. The van der Waals surface area contributed by atoms with Crippen molar-refractivity contribution in [3.05, 3.63) is 35.4 Å². The molecule has 1 heterocycles. The van der Waals surface area contributed by atoms with Gasteiger partial charge >= 0.3 is 0 Å². The Hall–Kier alpha value is -0.860. The fourth-order valence-corrected chi connectivity index (χ4v) is 2.52. The molecule has 1 aliphatic heterocycles. The molecule has 0 bridgehead atoms. The van der Waals surface area contributed by atoms with Crippen LogP contribution in [0, 0.1) is 18.8 Å². The predicted octanol–water partition coefficient (Wildman–Crippen LogP) is 3.32. The zero-order valence-corrected chi connectivity index (χ0v) is 11.8. The molecular weight excluding hydrogens is 222 g/mol. The quantitative estimate of drug-likeness (QED) is 0.862. The topological polar surface area (TPSA) is 21.3 Å². The van der Waals surface area contributed by atoms with Crippen LogP contribution in [0.1, 0.15) is 37.5 Å². The van der Waals surface area contributed by atoms with E-state index in [1.807, 2.05) is 0 Å². The SMILES string of the molecule is Cc1ccc(C2OCCC2CNCC(C)C)cc1. The molecule has 2 heteroatoms. The number of rotatable bonds is 5. The lowest BCUT2D eigenvalue weighted by atomic mass is 9.94. The lowest BCUT2D eigenvalue weighted by molar-refractivity contribution is 0.0903. The largest absolute Gasteiger partial charge is 0.373 e. The van der Waals surface area contributed by atoms with E-state index in [4.69, 9.17) is 4.74 Å². The first-order valence-corrected chi connectivity index (χ1v) is 7.05. The van der Waals surface area contributed by atoms with Gasteiger partial charge in [0.1, 0.15) is 0 Å². The minimum Gasteiger partial charge on any atom is -0.373 e.